The third-order valence-electron chi connectivity index (χ3n) is 6.41. The first kappa shape index (κ1) is 18.9. The highest BCUT2D eigenvalue weighted by Crippen LogP contribution is 2.46. The average Bonchev–Trinajstić information content (AvgIpc) is 3.31. The first-order valence-electron chi connectivity index (χ1n) is 9.89. The van der Waals surface area contributed by atoms with Crippen LogP contribution in [0.2, 0.25) is 0 Å². The highest BCUT2D eigenvalue weighted by atomic mass is 32.2. The second-order valence-corrected chi connectivity index (χ2v) is 10.1. The minimum absolute atomic E-state index is 0.00888. The molecule has 7 heteroatoms. The fourth-order valence-corrected chi connectivity index (χ4v) is 6.42. The van der Waals surface area contributed by atoms with Crippen molar-refractivity contribution >= 4 is 15.9 Å². The fourth-order valence-electron chi connectivity index (χ4n) is 4.79. The summed E-state index contributed by atoms with van der Waals surface area (Å²) in [6, 6.07) is 9.27. The van der Waals surface area contributed by atoms with Crippen molar-refractivity contribution in [2.24, 2.45) is 11.3 Å². The van der Waals surface area contributed by atoms with Gasteiger partial charge in [0.15, 0.2) is 0 Å². The molecule has 1 unspecified atom stereocenters. The Bertz CT molecular complexity index is 768. The van der Waals surface area contributed by atoms with Crippen molar-refractivity contribution in [1.82, 2.24) is 9.21 Å². The van der Waals surface area contributed by atoms with E-state index in [-0.39, 0.29) is 23.0 Å². The number of hydrogen-bond donors (Lipinski definition) is 0. The molecule has 4 rings (SSSR count). The minimum Gasteiger partial charge on any atom is -0.381 e. The summed E-state index contributed by atoms with van der Waals surface area (Å²) in [4.78, 5) is 15.2. The molecule has 1 aromatic rings. The molecule has 3 saturated heterocycles. The monoisotopic (exact) mass is 392 g/mol. The van der Waals surface area contributed by atoms with E-state index in [9.17, 15) is 13.2 Å². The van der Waals surface area contributed by atoms with E-state index in [4.69, 9.17) is 4.74 Å². The van der Waals surface area contributed by atoms with Crippen LogP contribution >= 0.6 is 0 Å². The van der Waals surface area contributed by atoms with Crippen LogP contribution in [0.4, 0.5) is 0 Å². The molecule has 0 N–H and O–H groups in total. The lowest BCUT2D eigenvalue weighted by molar-refractivity contribution is -0.139. The molecule has 1 amide bonds. The Balaban J connectivity index is 1.57. The Labute approximate surface area is 161 Å². The molecule has 3 fully saturated rings. The molecule has 1 spiro atoms. The summed E-state index contributed by atoms with van der Waals surface area (Å²) < 4.78 is 33.3. The van der Waals surface area contributed by atoms with Crippen molar-refractivity contribution in [3.8, 4) is 0 Å². The summed E-state index contributed by atoms with van der Waals surface area (Å²) >= 11 is 0. The molecule has 27 heavy (non-hydrogen) atoms. The quantitative estimate of drug-likeness (QED) is 0.785. The van der Waals surface area contributed by atoms with Gasteiger partial charge in [0.05, 0.1) is 11.7 Å². The molecular weight excluding hydrogens is 364 g/mol. The number of carbonyl (C=O) groups is 1. The van der Waals surface area contributed by atoms with Gasteiger partial charge in [-0.2, -0.15) is 0 Å². The maximum absolute atomic E-state index is 13.2. The molecule has 0 radical (unpaired) electrons. The lowest BCUT2D eigenvalue weighted by Gasteiger charge is -2.38. The van der Waals surface area contributed by atoms with Gasteiger partial charge in [-0.1, -0.05) is 30.3 Å². The number of carbonyl (C=O) groups excluding carboxylic acids is 1. The maximum Gasteiger partial charge on any atom is 0.227 e. The second-order valence-electron chi connectivity index (χ2n) is 8.09. The molecule has 1 aromatic carbocycles. The van der Waals surface area contributed by atoms with E-state index in [1.165, 1.54) is 0 Å². The van der Waals surface area contributed by atoms with Crippen LogP contribution in [0.5, 0.6) is 0 Å². The number of sulfonamides is 1. The van der Waals surface area contributed by atoms with Gasteiger partial charge in [0.25, 0.3) is 0 Å². The van der Waals surface area contributed by atoms with Gasteiger partial charge in [-0.3, -0.25) is 4.79 Å². The normalized spacial score (nSPS) is 25.9. The Morgan fingerprint density at radius 1 is 1.11 bits per heavy atom. The standard InChI is InChI=1S/C20H28N2O4S/c23-19(21-10-4-5-11-21)18-14-22(16-20(18)8-12-26-13-9-20)27(24,25)15-17-6-2-1-3-7-17/h1-3,6-7,18H,4-5,8-16H2. The first-order valence-corrected chi connectivity index (χ1v) is 11.5. The van der Waals surface area contributed by atoms with Gasteiger partial charge in [0, 0.05) is 44.8 Å². The van der Waals surface area contributed by atoms with Crippen molar-refractivity contribution < 1.29 is 17.9 Å². The summed E-state index contributed by atoms with van der Waals surface area (Å²) in [7, 11) is -3.46. The van der Waals surface area contributed by atoms with E-state index in [0.29, 0.717) is 26.3 Å². The highest BCUT2D eigenvalue weighted by molar-refractivity contribution is 7.88. The second kappa shape index (κ2) is 7.53. The van der Waals surface area contributed by atoms with Crippen molar-refractivity contribution in [3.63, 3.8) is 0 Å². The zero-order valence-electron chi connectivity index (χ0n) is 15.7. The van der Waals surface area contributed by atoms with E-state index in [2.05, 4.69) is 0 Å². The van der Waals surface area contributed by atoms with Crippen molar-refractivity contribution in [2.75, 3.05) is 39.4 Å². The van der Waals surface area contributed by atoms with Gasteiger partial charge in [0.1, 0.15) is 0 Å². The topological polar surface area (TPSA) is 66.9 Å². The van der Waals surface area contributed by atoms with Gasteiger partial charge in [-0.15, -0.1) is 0 Å². The van der Waals surface area contributed by atoms with Crippen LogP contribution in [0.15, 0.2) is 30.3 Å². The van der Waals surface area contributed by atoms with Gasteiger partial charge in [-0.05, 0) is 31.2 Å². The number of nitrogens with zero attached hydrogens (tertiary/aromatic N) is 2. The van der Waals surface area contributed by atoms with E-state index in [1.807, 2.05) is 35.2 Å². The third kappa shape index (κ3) is 3.77. The summed E-state index contributed by atoms with van der Waals surface area (Å²) in [6.07, 6.45) is 3.61. The number of amides is 1. The maximum atomic E-state index is 13.2. The lowest BCUT2D eigenvalue weighted by atomic mass is 9.71. The molecule has 148 valence electrons. The predicted molar refractivity (Wildman–Crippen MR) is 102 cm³/mol. The Morgan fingerprint density at radius 2 is 1.78 bits per heavy atom. The first-order chi connectivity index (χ1) is 13.0. The van der Waals surface area contributed by atoms with Crippen molar-refractivity contribution in [1.29, 1.82) is 0 Å². The largest absolute Gasteiger partial charge is 0.381 e. The average molecular weight is 393 g/mol. The molecule has 6 nitrogen and oxygen atoms in total. The molecule has 3 aliphatic heterocycles. The number of hydrogen-bond acceptors (Lipinski definition) is 4. The van der Waals surface area contributed by atoms with Crippen LogP contribution in [-0.2, 0) is 25.3 Å². The zero-order valence-corrected chi connectivity index (χ0v) is 16.5. The summed E-state index contributed by atoms with van der Waals surface area (Å²) in [5.41, 5.74) is 0.509. The fraction of sp³-hybridized carbons (Fsp3) is 0.650. The molecule has 0 aromatic heterocycles. The van der Waals surface area contributed by atoms with Gasteiger partial charge >= 0.3 is 0 Å². The molecule has 3 aliphatic rings. The summed E-state index contributed by atoms with van der Waals surface area (Å²) in [5.74, 6) is -0.109. The van der Waals surface area contributed by atoms with E-state index in [0.717, 1.165) is 44.3 Å². The van der Waals surface area contributed by atoms with Crippen LogP contribution in [0.1, 0.15) is 31.2 Å². The van der Waals surface area contributed by atoms with Crippen LogP contribution < -0.4 is 0 Å². The Morgan fingerprint density at radius 3 is 2.44 bits per heavy atom. The summed E-state index contributed by atoms with van der Waals surface area (Å²) in [5, 5.41) is 0. The van der Waals surface area contributed by atoms with Gasteiger partial charge in [-0.25, -0.2) is 12.7 Å². The minimum atomic E-state index is -3.46. The SMILES string of the molecule is O=C(C1CN(S(=O)(=O)Cc2ccccc2)CC12CCOCC2)N1CCCC1. The lowest BCUT2D eigenvalue weighted by Crippen LogP contribution is -2.45. The molecular formula is C20H28N2O4S. The Kier molecular flexibility index (Phi) is 5.27. The Hall–Kier alpha value is -1.44. The van der Waals surface area contributed by atoms with Gasteiger partial charge < -0.3 is 9.64 Å². The zero-order chi connectivity index (χ0) is 18.9. The third-order valence-corrected chi connectivity index (χ3v) is 8.17. The van der Waals surface area contributed by atoms with Crippen LogP contribution in [0.3, 0.4) is 0 Å². The summed E-state index contributed by atoms with van der Waals surface area (Å²) in [6.45, 7) is 3.57. The van der Waals surface area contributed by atoms with Crippen LogP contribution in [0, 0.1) is 11.3 Å². The van der Waals surface area contributed by atoms with Crippen molar-refractivity contribution in [2.45, 2.75) is 31.4 Å². The molecule has 0 saturated carbocycles. The highest BCUT2D eigenvalue weighted by Gasteiger charge is 2.54. The van der Waals surface area contributed by atoms with Gasteiger partial charge in [0.2, 0.25) is 15.9 Å². The van der Waals surface area contributed by atoms with E-state index < -0.39 is 10.0 Å². The molecule has 0 bridgehead atoms. The van der Waals surface area contributed by atoms with E-state index >= 15 is 0 Å². The van der Waals surface area contributed by atoms with Crippen LogP contribution in [-0.4, -0.2) is 62.9 Å². The molecule has 1 atom stereocenters. The number of rotatable bonds is 4. The van der Waals surface area contributed by atoms with E-state index in [1.54, 1.807) is 4.31 Å². The number of likely N-dealkylation sites (tertiary alicyclic amines) is 1. The molecule has 0 aliphatic carbocycles. The van der Waals surface area contributed by atoms with Crippen molar-refractivity contribution in [3.05, 3.63) is 35.9 Å². The predicted octanol–water partition coefficient (Wildman–Crippen LogP) is 1.87. The number of benzene rings is 1. The number of ether oxygens (including phenoxy) is 1. The smallest absolute Gasteiger partial charge is 0.227 e. The molecule has 3 heterocycles. The van der Waals surface area contributed by atoms with Crippen LogP contribution in [0.25, 0.3) is 0 Å².